The fraction of sp³-hybridized carbons (Fsp3) is 0.154. The molecule has 0 aliphatic carbocycles. The summed E-state index contributed by atoms with van der Waals surface area (Å²) in [5, 5.41) is 14.1. The minimum absolute atomic E-state index is 0.517. The molecule has 90 valence electrons. The Morgan fingerprint density at radius 2 is 1.89 bits per heavy atom. The maximum Gasteiger partial charge on any atom is 0.182 e. The lowest BCUT2D eigenvalue weighted by atomic mass is 10.0. The van der Waals surface area contributed by atoms with Gasteiger partial charge in [-0.05, 0) is 21.2 Å². The summed E-state index contributed by atoms with van der Waals surface area (Å²) in [6.07, 6.45) is 0. The third-order valence-corrected chi connectivity index (χ3v) is 2.90. The molecular formula is C13H13N5. The first-order chi connectivity index (χ1) is 8.90. The number of hydrogen-bond donors (Lipinski definition) is 1. The van der Waals surface area contributed by atoms with E-state index in [1.807, 2.05) is 24.3 Å². The molecule has 0 saturated heterocycles. The van der Waals surface area contributed by atoms with E-state index in [1.54, 1.807) is 4.68 Å². The second kappa shape index (κ2) is 4.54. The van der Waals surface area contributed by atoms with E-state index in [0.29, 0.717) is 13.1 Å². The monoisotopic (exact) mass is 239 g/mol. The van der Waals surface area contributed by atoms with Crippen molar-refractivity contribution in [2.75, 3.05) is 6.54 Å². The van der Waals surface area contributed by atoms with Crippen molar-refractivity contribution in [3.05, 3.63) is 42.5 Å². The Morgan fingerprint density at radius 3 is 2.78 bits per heavy atom. The number of nitrogens with two attached hydrogens (primary N) is 1. The number of hydrogen-bond acceptors (Lipinski definition) is 4. The highest BCUT2D eigenvalue weighted by Gasteiger charge is 2.10. The molecule has 0 amide bonds. The van der Waals surface area contributed by atoms with Crippen LogP contribution in [0.3, 0.4) is 0 Å². The van der Waals surface area contributed by atoms with Crippen molar-refractivity contribution in [1.29, 1.82) is 0 Å². The van der Waals surface area contributed by atoms with Crippen LogP contribution >= 0.6 is 0 Å². The van der Waals surface area contributed by atoms with Gasteiger partial charge in [-0.15, -0.1) is 5.10 Å². The van der Waals surface area contributed by atoms with Crippen LogP contribution in [0.25, 0.3) is 22.2 Å². The van der Waals surface area contributed by atoms with Crippen molar-refractivity contribution in [2.24, 2.45) is 5.73 Å². The Hall–Kier alpha value is -2.27. The third kappa shape index (κ3) is 1.74. The lowest BCUT2D eigenvalue weighted by Gasteiger charge is -2.06. The first-order valence-electron chi connectivity index (χ1n) is 5.84. The molecule has 3 rings (SSSR count). The van der Waals surface area contributed by atoms with Gasteiger partial charge in [0.25, 0.3) is 0 Å². The molecule has 2 N–H and O–H groups in total. The minimum atomic E-state index is 0.517. The van der Waals surface area contributed by atoms with E-state index in [2.05, 4.69) is 33.7 Å². The van der Waals surface area contributed by atoms with Gasteiger partial charge in [-0.2, -0.15) is 0 Å². The molecule has 2 aromatic carbocycles. The van der Waals surface area contributed by atoms with Gasteiger partial charge < -0.3 is 5.73 Å². The van der Waals surface area contributed by atoms with Crippen LogP contribution in [0.5, 0.6) is 0 Å². The second-order valence-corrected chi connectivity index (χ2v) is 4.04. The number of fused-ring (bicyclic) bond motifs is 1. The number of rotatable bonds is 3. The smallest absolute Gasteiger partial charge is 0.182 e. The number of nitrogens with zero attached hydrogens (tertiary/aromatic N) is 4. The molecule has 0 aliphatic heterocycles. The average Bonchev–Trinajstić information content (AvgIpc) is 2.87. The molecule has 0 bridgehead atoms. The highest BCUT2D eigenvalue weighted by atomic mass is 15.5. The standard InChI is InChI=1S/C13H13N5/c14-8-9-18-13(15-16-17-18)12-7-3-5-10-4-1-2-6-11(10)12/h1-7H,8-9,14H2. The lowest BCUT2D eigenvalue weighted by molar-refractivity contribution is 0.603. The molecule has 0 fully saturated rings. The van der Waals surface area contributed by atoms with E-state index < -0.39 is 0 Å². The Balaban J connectivity index is 2.22. The molecule has 0 unspecified atom stereocenters. The molecule has 1 heterocycles. The normalized spacial score (nSPS) is 10.9. The predicted molar refractivity (Wildman–Crippen MR) is 69.8 cm³/mol. The maximum atomic E-state index is 5.56. The Labute approximate surface area is 104 Å². The number of aromatic nitrogens is 4. The van der Waals surface area contributed by atoms with E-state index >= 15 is 0 Å². The zero-order valence-corrected chi connectivity index (χ0v) is 9.82. The van der Waals surface area contributed by atoms with Crippen LogP contribution in [-0.4, -0.2) is 26.8 Å². The molecule has 5 nitrogen and oxygen atoms in total. The van der Waals surface area contributed by atoms with Crippen LogP contribution < -0.4 is 5.73 Å². The summed E-state index contributed by atoms with van der Waals surface area (Å²) in [7, 11) is 0. The van der Waals surface area contributed by atoms with Gasteiger partial charge in [0, 0.05) is 12.1 Å². The molecule has 3 aromatic rings. The van der Waals surface area contributed by atoms with Crippen molar-refractivity contribution in [2.45, 2.75) is 6.54 Å². The van der Waals surface area contributed by atoms with Crippen molar-refractivity contribution < 1.29 is 0 Å². The van der Waals surface area contributed by atoms with Gasteiger partial charge in [-0.1, -0.05) is 42.5 Å². The first-order valence-corrected chi connectivity index (χ1v) is 5.84. The summed E-state index contributed by atoms with van der Waals surface area (Å²) < 4.78 is 1.74. The summed E-state index contributed by atoms with van der Waals surface area (Å²) in [5.41, 5.74) is 6.60. The molecular weight excluding hydrogens is 226 g/mol. The molecule has 1 aromatic heterocycles. The van der Waals surface area contributed by atoms with Gasteiger partial charge in [-0.25, -0.2) is 4.68 Å². The molecule has 0 radical (unpaired) electrons. The average molecular weight is 239 g/mol. The summed E-state index contributed by atoms with van der Waals surface area (Å²) in [4.78, 5) is 0. The van der Waals surface area contributed by atoms with E-state index in [9.17, 15) is 0 Å². The quantitative estimate of drug-likeness (QED) is 0.751. The van der Waals surface area contributed by atoms with E-state index in [1.165, 1.54) is 5.39 Å². The van der Waals surface area contributed by atoms with Gasteiger partial charge in [0.2, 0.25) is 0 Å². The lowest BCUT2D eigenvalue weighted by Crippen LogP contribution is -2.12. The Bertz CT molecular complexity index is 668. The predicted octanol–water partition coefficient (Wildman–Crippen LogP) is 1.45. The highest BCUT2D eigenvalue weighted by molar-refractivity contribution is 5.94. The summed E-state index contributed by atoms with van der Waals surface area (Å²) in [6, 6.07) is 14.3. The Morgan fingerprint density at radius 1 is 1.06 bits per heavy atom. The fourth-order valence-electron chi connectivity index (χ4n) is 2.09. The zero-order chi connectivity index (χ0) is 12.4. The third-order valence-electron chi connectivity index (χ3n) is 2.90. The van der Waals surface area contributed by atoms with Crippen molar-refractivity contribution in [3.8, 4) is 11.4 Å². The number of benzene rings is 2. The molecule has 0 saturated carbocycles. The van der Waals surface area contributed by atoms with E-state index in [4.69, 9.17) is 5.73 Å². The molecule has 5 heteroatoms. The number of tetrazole rings is 1. The van der Waals surface area contributed by atoms with Crippen LogP contribution in [0, 0.1) is 0 Å². The molecule has 0 spiro atoms. The minimum Gasteiger partial charge on any atom is -0.329 e. The van der Waals surface area contributed by atoms with E-state index in [-0.39, 0.29) is 0 Å². The molecule has 0 atom stereocenters. The van der Waals surface area contributed by atoms with Gasteiger partial charge >= 0.3 is 0 Å². The maximum absolute atomic E-state index is 5.56. The van der Waals surface area contributed by atoms with Crippen LogP contribution in [0.2, 0.25) is 0 Å². The van der Waals surface area contributed by atoms with Gasteiger partial charge in [0.05, 0.1) is 6.54 Å². The Kier molecular flexibility index (Phi) is 2.74. The van der Waals surface area contributed by atoms with Gasteiger partial charge in [0.1, 0.15) is 0 Å². The van der Waals surface area contributed by atoms with Crippen LogP contribution in [0.4, 0.5) is 0 Å². The summed E-state index contributed by atoms with van der Waals surface area (Å²) in [5.74, 6) is 0.761. The largest absolute Gasteiger partial charge is 0.329 e. The van der Waals surface area contributed by atoms with Crippen LogP contribution in [-0.2, 0) is 6.54 Å². The zero-order valence-electron chi connectivity index (χ0n) is 9.82. The topological polar surface area (TPSA) is 69.6 Å². The highest BCUT2D eigenvalue weighted by Crippen LogP contribution is 2.26. The molecule has 18 heavy (non-hydrogen) atoms. The SMILES string of the molecule is NCCn1nnnc1-c1cccc2ccccc12. The van der Waals surface area contributed by atoms with Crippen LogP contribution in [0.15, 0.2) is 42.5 Å². The van der Waals surface area contributed by atoms with Gasteiger partial charge in [0.15, 0.2) is 5.82 Å². The second-order valence-electron chi connectivity index (χ2n) is 4.04. The van der Waals surface area contributed by atoms with Crippen LogP contribution in [0.1, 0.15) is 0 Å². The fourth-order valence-corrected chi connectivity index (χ4v) is 2.09. The van der Waals surface area contributed by atoms with Crippen molar-refractivity contribution in [1.82, 2.24) is 20.2 Å². The van der Waals surface area contributed by atoms with E-state index in [0.717, 1.165) is 16.8 Å². The van der Waals surface area contributed by atoms with Crippen molar-refractivity contribution >= 4 is 10.8 Å². The summed E-state index contributed by atoms with van der Waals surface area (Å²) >= 11 is 0. The summed E-state index contributed by atoms with van der Waals surface area (Å²) in [6.45, 7) is 1.13. The van der Waals surface area contributed by atoms with Gasteiger partial charge in [-0.3, -0.25) is 0 Å². The first kappa shape index (κ1) is 10.9. The van der Waals surface area contributed by atoms with Crippen molar-refractivity contribution in [3.63, 3.8) is 0 Å². The molecule has 0 aliphatic rings.